The topological polar surface area (TPSA) is 102 Å². The number of hydrogen-bond donors (Lipinski definition) is 1. The lowest BCUT2D eigenvalue weighted by Crippen LogP contribution is -2.30. The van der Waals surface area contributed by atoms with E-state index in [2.05, 4.69) is 5.32 Å². The monoisotopic (exact) mass is 330 g/mol. The number of fused-ring (bicyclic) bond motifs is 1. The molecule has 7 heteroatoms. The molecule has 1 heterocycles. The average Bonchev–Trinajstić information content (AvgIpc) is 2.60. The molecule has 2 aromatic rings. The van der Waals surface area contributed by atoms with Crippen molar-refractivity contribution >= 4 is 22.6 Å². The van der Waals surface area contributed by atoms with Gasteiger partial charge in [0.2, 0.25) is 0 Å². The Morgan fingerprint density at radius 2 is 2.00 bits per heavy atom. The van der Waals surface area contributed by atoms with Gasteiger partial charge in [-0.3, -0.25) is 19.7 Å². The van der Waals surface area contributed by atoms with Crippen molar-refractivity contribution in [2.45, 2.75) is 32.1 Å². The molecule has 0 bridgehead atoms. The van der Waals surface area contributed by atoms with Crippen LogP contribution in [-0.2, 0) is 0 Å². The first kappa shape index (κ1) is 16.2. The molecule has 1 aromatic carbocycles. The first-order chi connectivity index (χ1) is 11.5. The van der Waals surface area contributed by atoms with Crippen molar-refractivity contribution in [2.75, 3.05) is 6.54 Å². The largest absolute Gasteiger partial charge is 0.451 e. The first-order valence-corrected chi connectivity index (χ1v) is 8.05. The zero-order valence-electron chi connectivity index (χ0n) is 13.1. The SMILES string of the molecule is O=C(NCC1CCCCC1)c1cc(=O)c2cc([N+](=O)[O-])ccc2o1. The van der Waals surface area contributed by atoms with Crippen molar-refractivity contribution in [3.63, 3.8) is 0 Å². The fourth-order valence-electron chi connectivity index (χ4n) is 3.09. The van der Waals surface area contributed by atoms with Crippen LogP contribution in [0.4, 0.5) is 5.69 Å². The lowest BCUT2D eigenvalue weighted by molar-refractivity contribution is -0.384. The van der Waals surface area contributed by atoms with Gasteiger partial charge < -0.3 is 9.73 Å². The minimum absolute atomic E-state index is 0.0721. The summed E-state index contributed by atoms with van der Waals surface area (Å²) in [5, 5.41) is 13.7. The van der Waals surface area contributed by atoms with E-state index in [9.17, 15) is 19.7 Å². The molecule has 1 aliphatic rings. The van der Waals surface area contributed by atoms with Gasteiger partial charge in [0.1, 0.15) is 5.58 Å². The predicted octanol–water partition coefficient (Wildman–Crippen LogP) is 3.01. The number of rotatable bonds is 4. The number of amides is 1. The Kier molecular flexibility index (Phi) is 4.59. The molecular weight excluding hydrogens is 312 g/mol. The third-order valence-corrected chi connectivity index (χ3v) is 4.42. The van der Waals surface area contributed by atoms with Crippen molar-refractivity contribution in [1.82, 2.24) is 5.32 Å². The summed E-state index contributed by atoms with van der Waals surface area (Å²) >= 11 is 0. The molecule has 1 amide bonds. The first-order valence-electron chi connectivity index (χ1n) is 8.05. The van der Waals surface area contributed by atoms with Crippen LogP contribution in [0.1, 0.15) is 42.7 Å². The number of hydrogen-bond acceptors (Lipinski definition) is 5. The molecule has 0 spiro atoms. The van der Waals surface area contributed by atoms with Gasteiger partial charge in [-0.2, -0.15) is 0 Å². The van der Waals surface area contributed by atoms with E-state index in [1.807, 2.05) is 0 Å². The van der Waals surface area contributed by atoms with Crippen molar-refractivity contribution in [2.24, 2.45) is 5.92 Å². The molecule has 1 fully saturated rings. The highest BCUT2D eigenvalue weighted by molar-refractivity contribution is 5.93. The number of nitro groups is 1. The van der Waals surface area contributed by atoms with Gasteiger partial charge >= 0.3 is 0 Å². The van der Waals surface area contributed by atoms with Gasteiger partial charge in [0.05, 0.1) is 10.3 Å². The van der Waals surface area contributed by atoms with Crippen LogP contribution in [0.5, 0.6) is 0 Å². The second-order valence-corrected chi connectivity index (χ2v) is 6.13. The molecule has 1 aromatic heterocycles. The Bertz CT molecular complexity index is 836. The normalized spacial score (nSPS) is 15.3. The van der Waals surface area contributed by atoms with E-state index in [0.717, 1.165) is 25.0 Å². The third-order valence-electron chi connectivity index (χ3n) is 4.42. The number of nitro benzene ring substituents is 1. The molecule has 1 N–H and O–H groups in total. The third kappa shape index (κ3) is 3.45. The van der Waals surface area contributed by atoms with Gasteiger partial charge in [0.25, 0.3) is 11.6 Å². The summed E-state index contributed by atoms with van der Waals surface area (Å²) in [6.45, 7) is 0.570. The number of carbonyl (C=O) groups excluding carboxylic acids is 1. The van der Waals surface area contributed by atoms with Crippen LogP contribution in [0.25, 0.3) is 11.0 Å². The van der Waals surface area contributed by atoms with E-state index in [0.29, 0.717) is 12.5 Å². The van der Waals surface area contributed by atoms with Gasteiger partial charge in [0.15, 0.2) is 11.2 Å². The summed E-state index contributed by atoms with van der Waals surface area (Å²) in [6, 6.07) is 4.83. The van der Waals surface area contributed by atoms with Crippen LogP contribution < -0.4 is 10.7 Å². The van der Waals surface area contributed by atoms with Crippen LogP contribution in [0.15, 0.2) is 33.5 Å². The van der Waals surface area contributed by atoms with Gasteiger partial charge in [-0.1, -0.05) is 19.3 Å². The second kappa shape index (κ2) is 6.82. The molecule has 0 radical (unpaired) electrons. The van der Waals surface area contributed by atoms with E-state index in [-0.39, 0.29) is 22.4 Å². The van der Waals surface area contributed by atoms with Crippen molar-refractivity contribution < 1.29 is 14.1 Å². The van der Waals surface area contributed by atoms with Crippen LogP contribution in [0.2, 0.25) is 0 Å². The fourth-order valence-corrected chi connectivity index (χ4v) is 3.09. The second-order valence-electron chi connectivity index (χ2n) is 6.13. The molecule has 0 aliphatic heterocycles. The Labute approximate surface area is 137 Å². The minimum Gasteiger partial charge on any atom is -0.451 e. The molecule has 1 saturated carbocycles. The molecule has 7 nitrogen and oxygen atoms in total. The summed E-state index contributed by atoms with van der Waals surface area (Å²) in [7, 11) is 0. The van der Waals surface area contributed by atoms with Gasteiger partial charge in [-0.05, 0) is 24.8 Å². The molecule has 24 heavy (non-hydrogen) atoms. The van der Waals surface area contributed by atoms with Crippen LogP contribution in [-0.4, -0.2) is 17.4 Å². The number of non-ortho nitro benzene ring substituents is 1. The van der Waals surface area contributed by atoms with Crippen molar-refractivity contribution in [1.29, 1.82) is 0 Å². The standard InChI is InChI=1S/C17H18N2O5/c20-14-9-16(17(21)18-10-11-4-2-1-3-5-11)24-15-7-6-12(19(22)23)8-13(14)15/h6-9,11H,1-5,10H2,(H,18,21). The van der Waals surface area contributed by atoms with Crippen LogP contribution in [0.3, 0.4) is 0 Å². The van der Waals surface area contributed by atoms with E-state index < -0.39 is 16.3 Å². The van der Waals surface area contributed by atoms with Crippen LogP contribution in [0, 0.1) is 16.0 Å². The number of benzene rings is 1. The number of carbonyl (C=O) groups is 1. The molecule has 0 atom stereocenters. The highest BCUT2D eigenvalue weighted by Crippen LogP contribution is 2.23. The molecule has 1 aliphatic carbocycles. The van der Waals surface area contributed by atoms with E-state index >= 15 is 0 Å². The molecular formula is C17H18N2O5. The highest BCUT2D eigenvalue weighted by Gasteiger charge is 2.18. The van der Waals surface area contributed by atoms with Gasteiger partial charge in [0, 0.05) is 24.7 Å². The number of nitrogens with one attached hydrogen (secondary N) is 1. The van der Waals surface area contributed by atoms with Gasteiger partial charge in [-0.25, -0.2) is 0 Å². The van der Waals surface area contributed by atoms with Crippen molar-refractivity contribution in [3.05, 3.63) is 50.4 Å². The summed E-state index contributed by atoms with van der Waals surface area (Å²) in [5.74, 6) is -0.0346. The summed E-state index contributed by atoms with van der Waals surface area (Å²) < 4.78 is 5.44. The van der Waals surface area contributed by atoms with Crippen LogP contribution >= 0.6 is 0 Å². The Morgan fingerprint density at radius 3 is 2.71 bits per heavy atom. The molecule has 0 saturated heterocycles. The quantitative estimate of drug-likeness (QED) is 0.685. The maximum atomic E-state index is 12.2. The predicted molar refractivity (Wildman–Crippen MR) is 88.0 cm³/mol. The Balaban J connectivity index is 1.79. The smallest absolute Gasteiger partial charge is 0.287 e. The summed E-state index contributed by atoms with van der Waals surface area (Å²) in [5.41, 5.74) is -0.497. The average molecular weight is 330 g/mol. The van der Waals surface area contributed by atoms with Gasteiger partial charge in [-0.15, -0.1) is 0 Å². The Morgan fingerprint density at radius 1 is 1.25 bits per heavy atom. The highest BCUT2D eigenvalue weighted by atomic mass is 16.6. The maximum absolute atomic E-state index is 12.2. The Hall–Kier alpha value is -2.70. The maximum Gasteiger partial charge on any atom is 0.287 e. The zero-order chi connectivity index (χ0) is 17.1. The van der Waals surface area contributed by atoms with Crippen molar-refractivity contribution in [3.8, 4) is 0 Å². The molecule has 126 valence electrons. The van der Waals surface area contributed by atoms with E-state index in [1.54, 1.807) is 0 Å². The summed E-state index contributed by atoms with van der Waals surface area (Å²) in [6.07, 6.45) is 5.82. The zero-order valence-corrected chi connectivity index (χ0v) is 13.1. The lowest BCUT2D eigenvalue weighted by atomic mass is 9.89. The fraction of sp³-hybridized carbons (Fsp3) is 0.412. The van der Waals surface area contributed by atoms with E-state index in [1.165, 1.54) is 31.4 Å². The molecule has 3 rings (SSSR count). The number of nitrogens with zero attached hydrogens (tertiary/aromatic N) is 1. The lowest BCUT2D eigenvalue weighted by Gasteiger charge is -2.21. The minimum atomic E-state index is -0.580. The van der Waals surface area contributed by atoms with E-state index in [4.69, 9.17) is 4.42 Å². The molecule has 0 unspecified atom stereocenters. The summed E-state index contributed by atoms with van der Waals surface area (Å²) in [4.78, 5) is 34.5.